The minimum atomic E-state index is -0.454. The van der Waals surface area contributed by atoms with Crippen molar-refractivity contribution in [2.24, 2.45) is 0 Å². The third-order valence-electron chi connectivity index (χ3n) is 6.41. The monoisotopic (exact) mass is 467 g/mol. The molecule has 182 valence electrons. The van der Waals surface area contributed by atoms with Crippen LogP contribution < -0.4 is 4.74 Å². The van der Waals surface area contributed by atoms with Crippen LogP contribution in [0.4, 0.5) is 0 Å². The molecular formula is C32H37NO2. The molecule has 0 aromatic heterocycles. The van der Waals surface area contributed by atoms with E-state index >= 15 is 0 Å². The zero-order chi connectivity index (χ0) is 24.9. The van der Waals surface area contributed by atoms with Crippen LogP contribution >= 0.6 is 0 Å². The molecule has 3 aromatic carbocycles. The highest BCUT2D eigenvalue weighted by Crippen LogP contribution is 2.24. The molecule has 0 fully saturated rings. The van der Waals surface area contributed by atoms with Crippen LogP contribution in [-0.2, 0) is 12.8 Å². The van der Waals surface area contributed by atoms with Gasteiger partial charge in [-0.3, -0.25) is 0 Å². The van der Waals surface area contributed by atoms with Crippen LogP contribution in [-0.4, -0.2) is 5.97 Å². The van der Waals surface area contributed by atoms with Gasteiger partial charge in [-0.1, -0.05) is 94.8 Å². The van der Waals surface area contributed by atoms with Crippen molar-refractivity contribution < 1.29 is 9.53 Å². The Hall–Kier alpha value is -3.38. The van der Waals surface area contributed by atoms with Gasteiger partial charge < -0.3 is 4.74 Å². The zero-order valence-corrected chi connectivity index (χ0v) is 21.2. The second-order valence-corrected chi connectivity index (χ2v) is 9.23. The molecule has 0 heterocycles. The lowest BCUT2D eigenvalue weighted by Gasteiger charge is -2.09. The Morgan fingerprint density at radius 3 is 1.91 bits per heavy atom. The van der Waals surface area contributed by atoms with Crippen LogP contribution in [0.15, 0.2) is 66.7 Å². The summed E-state index contributed by atoms with van der Waals surface area (Å²) in [4.78, 5) is 12.7. The predicted octanol–water partition coefficient (Wildman–Crippen LogP) is 8.69. The van der Waals surface area contributed by atoms with Crippen LogP contribution in [0.5, 0.6) is 5.75 Å². The summed E-state index contributed by atoms with van der Waals surface area (Å²) in [7, 11) is 0. The first-order valence-electron chi connectivity index (χ1n) is 13.1. The van der Waals surface area contributed by atoms with Gasteiger partial charge in [-0.15, -0.1) is 0 Å². The normalized spacial score (nSPS) is 10.7. The maximum atomic E-state index is 12.7. The number of benzene rings is 3. The molecule has 0 aliphatic heterocycles. The highest BCUT2D eigenvalue weighted by atomic mass is 16.5. The summed E-state index contributed by atoms with van der Waals surface area (Å²) in [6.45, 7) is 4.41. The highest BCUT2D eigenvalue weighted by Gasteiger charge is 2.13. The largest absolute Gasteiger partial charge is 0.422 e. The number of carbonyl (C=O) groups excluding carboxylic acids is 1. The van der Waals surface area contributed by atoms with Crippen LogP contribution in [0.3, 0.4) is 0 Å². The van der Waals surface area contributed by atoms with Crippen molar-refractivity contribution in [1.82, 2.24) is 0 Å². The van der Waals surface area contributed by atoms with Crippen molar-refractivity contribution in [3.8, 4) is 22.9 Å². The number of esters is 1. The van der Waals surface area contributed by atoms with Crippen molar-refractivity contribution in [2.45, 2.75) is 78.1 Å². The Kier molecular flexibility index (Phi) is 10.6. The molecular weight excluding hydrogens is 430 g/mol. The number of hydrogen-bond donors (Lipinski definition) is 0. The summed E-state index contributed by atoms with van der Waals surface area (Å²) in [5, 5.41) is 9.52. The Labute approximate surface area is 210 Å². The first kappa shape index (κ1) is 26.2. The number of nitriles is 1. The molecule has 3 nitrogen and oxygen atoms in total. The molecule has 35 heavy (non-hydrogen) atoms. The lowest BCUT2D eigenvalue weighted by Crippen LogP contribution is -2.09. The number of aryl methyl sites for hydroxylation is 2. The van der Waals surface area contributed by atoms with Crippen molar-refractivity contribution >= 4 is 5.97 Å². The van der Waals surface area contributed by atoms with E-state index in [0.29, 0.717) is 16.9 Å². The Morgan fingerprint density at radius 1 is 0.714 bits per heavy atom. The topological polar surface area (TPSA) is 50.1 Å². The van der Waals surface area contributed by atoms with E-state index in [1.807, 2.05) is 24.3 Å². The zero-order valence-electron chi connectivity index (χ0n) is 21.2. The van der Waals surface area contributed by atoms with Gasteiger partial charge in [-0.2, -0.15) is 5.26 Å². The van der Waals surface area contributed by atoms with Crippen LogP contribution in [0.25, 0.3) is 11.1 Å². The van der Waals surface area contributed by atoms with E-state index in [0.717, 1.165) is 48.8 Å². The van der Waals surface area contributed by atoms with Gasteiger partial charge in [0.2, 0.25) is 0 Å². The summed E-state index contributed by atoms with van der Waals surface area (Å²) in [6, 6.07) is 23.8. The third-order valence-corrected chi connectivity index (χ3v) is 6.41. The van der Waals surface area contributed by atoms with Gasteiger partial charge in [0, 0.05) is 0 Å². The van der Waals surface area contributed by atoms with Gasteiger partial charge in [0.1, 0.15) is 11.8 Å². The van der Waals surface area contributed by atoms with Gasteiger partial charge in [-0.05, 0) is 72.2 Å². The lowest BCUT2D eigenvalue weighted by atomic mass is 10.00. The average Bonchev–Trinajstić information content (AvgIpc) is 2.90. The number of rotatable bonds is 13. The van der Waals surface area contributed by atoms with Crippen molar-refractivity contribution in [1.29, 1.82) is 5.26 Å². The van der Waals surface area contributed by atoms with Crippen molar-refractivity contribution in [3.63, 3.8) is 0 Å². The van der Waals surface area contributed by atoms with E-state index < -0.39 is 5.97 Å². The van der Waals surface area contributed by atoms with Crippen molar-refractivity contribution in [2.75, 3.05) is 0 Å². The quantitative estimate of drug-likeness (QED) is 0.143. The van der Waals surface area contributed by atoms with E-state index in [9.17, 15) is 10.1 Å². The smallest absolute Gasteiger partial charge is 0.343 e. The van der Waals surface area contributed by atoms with E-state index in [4.69, 9.17) is 4.74 Å². The molecule has 3 rings (SSSR count). The van der Waals surface area contributed by atoms with E-state index in [1.54, 1.807) is 18.2 Å². The SMILES string of the molecule is CCCCCCCc1ccc(-c2ccc(C(=O)Oc3ccc(CCCCC)cc3C#N)cc2)cc1. The molecule has 0 atom stereocenters. The van der Waals surface area contributed by atoms with Crippen LogP contribution in [0.1, 0.15) is 92.3 Å². The van der Waals surface area contributed by atoms with Gasteiger partial charge in [0.25, 0.3) is 0 Å². The minimum Gasteiger partial charge on any atom is -0.422 e. The standard InChI is InChI=1S/C32H37NO2/c1-3-5-7-8-10-11-25-13-16-27(17-14-25)28-18-20-29(21-19-28)32(34)35-31-22-15-26(12-9-6-4-2)23-30(31)24-33/h13-23H,3-12H2,1-2H3. The maximum Gasteiger partial charge on any atom is 0.343 e. The molecule has 0 bridgehead atoms. The fourth-order valence-electron chi connectivity index (χ4n) is 4.24. The number of unbranched alkanes of at least 4 members (excludes halogenated alkanes) is 6. The third kappa shape index (κ3) is 8.11. The van der Waals surface area contributed by atoms with E-state index in [-0.39, 0.29) is 0 Å². The molecule has 0 unspecified atom stereocenters. The summed E-state index contributed by atoms with van der Waals surface area (Å²) in [5.41, 5.74) is 5.52. The van der Waals surface area contributed by atoms with Gasteiger partial charge >= 0.3 is 5.97 Å². The Bertz CT molecular complexity index is 1110. The van der Waals surface area contributed by atoms with Gasteiger partial charge in [0.05, 0.1) is 11.1 Å². The molecule has 0 N–H and O–H groups in total. The number of hydrogen-bond acceptors (Lipinski definition) is 3. The molecule has 0 amide bonds. The molecule has 0 aliphatic rings. The molecule has 0 saturated carbocycles. The van der Waals surface area contributed by atoms with Crippen LogP contribution in [0, 0.1) is 11.3 Å². The van der Waals surface area contributed by atoms with Crippen molar-refractivity contribution in [3.05, 3.63) is 89.0 Å². The first-order chi connectivity index (χ1) is 17.1. The molecule has 0 radical (unpaired) electrons. The van der Waals surface area contributed by atoms with Gasteiger partial charge in [0.15, 0.2) is 0 Å². The number of ether oxygens (including phenoxy) is 1. The minimum absolute atomic E-state index is 0.311. The molecule has 0 spiro atoms. The Morgan fingerprint density at radius 2 is 1.26 bits per heavy atom. The second kappa shape index (κ2) is 14.1. The highest BCUT2D eigenvalue weighted by molar-refractivity contribution is 5.92. The maximum absolute atomic E-state index is 12.7. The predicted molar refractivity (Wildman–Crippen MR) is 144 cm³/mol. The molecule has 0 saturated heterocycles. The van der Waals surface area contributed by atoms with Crippen LogP contribution in [0.2, 0.25) is 0 Å². The summed E-state index contributed by atoms with van der Waals surface area (Å²) in [5.74, 6) is -0.142. The first-order valence-corrected chi connectivity index (χ1v) is 13.1. The molecule has 3 heteroatoms. The summed E-state index contributed by atoms with van der Waals surface area (Å²) < 4.78 is 5.56. The lowest BCUT2D eigenvalue weighted by molar-refractivity contribution is 0.0734. The number of carbonyl (C=O) groups is 1. The van der Waals surface area contributed by atoms with Gasteiger partial charge in [-0.25, -0.2) is 4.79 Å². The fourth-order valence-corrected chi connectivity index (χ4v) is 4.24. The fraction of sp³-hybridized carbons (Fsp3) is 0.375. The van der Waals surface area contributed by atoms with E-state index in [2.05, 4.69) is 44.2 Å². The Balaban J connectivity index is 1.58. The van der Waals surface area contributed by atoms with E-state index in [1.165, 1.54) is 37.7 Å². The molecule has 0 aliphatic carbocycles. The summed E-state index contributed by atoms with van der Waals surface area (Å²) in [6.07, 6.45) is 11.9. The summed E-state index contributed by atoms with van der Waals surface area (Å²) >= 11 is 0. The molecule has 3 aromatic rings. The average molecular weight is 468 g/mol. The number of nitrogens with zero attached hydrogens (tertiary/aromatic N) is 1. The second-order valence-electron chi connectivity index (χ2n) is 9.23.